The van der Waals surface area contributed by atoms with Crippen LogP contribution in [-0.4, -0.2) is 103 Å². The van der Waals surface area contributed by atoms with Crippen LogP contribution in [0.15, 0.2) is 36.4 Å². The van der Waals surface area contributed by atoms with Gasteiger partial charge in [0.2, 0.25) is 0 Å². The summed E-state index contributed by atoms with van der Waals surface area (Å²) >= 11 is 0. The molecule has 0 aliphatic carbocycles. The predicted octanol–water partition coefficient (Wildman–Crippen LogP) is 3.13. The van der Waals surface area contributed by atoms with Gasteiger partial charge in [0, 0.05) is 51.4 Å². The Kier molecular flexibility index (Phi) is 11.5. The number of ether oxygens (including phenoxy) is 6. The van der Waals surface area contributed by atoms with Crippen LogP contribution >= 0.6 is 0 Å². The first-order valence-corrected chi connectivity index (χ1v) is 12.7. The lowest BCUT2D eigenvalue weighted by Gasteiger charge is -2.34. The summed E-state index contributed by atoms with van der Waals surface area (Å²) in [6.45, 7) is 6.23. The molecule has 2 aromatic carbocycles. The minimum atomic E-state index is -0.391. The van der Waals surface area contributed by atoms with Gasteiger partial charge in [-0.25, -0.2) is 9.59 Å². The fraction of sp³-hybridized carbons (Fsp3) is 0.500. The summed E-state index contributed by atoms with van der Waals surface area (Å²) in [4.78, 5) is 29.5. The molecule has 0 bridgehead atoms. The number of methoxy groups -OCH3 is 4. The minimum absolute atomic E-state index is 0.350. The molecule has 0 unspecified atom stereocenters. The summed E-state index contributed by atoms with van der Waals surface area (Å²) in [7, 11) is 6.17. The topological polar surface area (TPSA) is 96.0 Å². The van der Waals surface area contributed by atoms with E-state index in [1.54, 1.807) is 64.8 Å². The number of esters is 2. The summed E-state index contributed by atoms with van der Waals surface area (Å²) in [6.07, 6.45) is 1.52. The van der Waals surface area contributed by atoms with Crippen LogP contribution < -0.4 is 18.9 Å². The average Bonchev–Trinajstić information content (AvgIpc) is 2.97. The van der Waals surface area contributed by atoms with E-state index in [1.807, 2.05) is 0 Å². The fourth-order valence-electron chi connectivity index (χ4n) is 4.16. The number of nitrogens with zero attached hydrogens (tertiary/aromatic N) is 2. The van der Waals surface area contributed by atoms with Gasteiger partial charge in [0.15, 0.2) is 0 Å². The molecule has 1 aliphatic rings. The van der Waals surface area contributed by atoms with E-state index >= 15 is 0 Å². The van der Waals surface area contributed by atoms with E-state index in [0.717, 1.165) is 52.1 Å². The van der Waals surface area contributed by atoms with Crippen molar-refractivity contribution in [3.63, 3.8) is 0 Å². The second kappa shape index (κ2) is 15.0. The lowest BCUT2D eigenvalue weighted by atomic mass is 10.2. The molecule has 0 N–H and O–H groups in total. The average molecular weight is 531 g/mol. The van der Waals surface area contributed by atoms with E-state index in [-0.39, 0.29) is 0 Å². The summed E-state index contributed by atoms with van der Waals surface area (Å²) in [6, 6.07) is 9.98. The molecular weight excluding hydrogens is 492 g/mol. The van der Waals surface area contributed by atoms with Crippen LogP contribution in [0.1, 0.15) is 33.6 Å². The maximum atomic E-state index is 12.4. The Labute approximate surface area is 224 Å². The summed E-state index contributed by atoms with van der Waals surface area (Å²) in [5, 5.41) is 0. The lowest BCUT2D eigenvalue weighted by molar-refractivity contribution is 0.0447. The first kappa shape index (κ1) is 29.1. The first-order valence-electron chi connectivity index (χ1n) is 12.7. The Morgan fingerprint density at radius 2 is 0.895 bits per heavy atom. The van der Waals surface area contributed by atoms with Crippen molar-refractivity contribution in [2.24, 2.45) is 0 Å². The number of carbonyl (C=O) groups is 2. The van der Waals surface area contributed by atoms with E-state index < -0.39 is 11.9 Å². The number of rotatable bonds is 14. The fourth-order valence-corrected chi connectivity index (χ4v) is 4.16. The van der Waals surface area contributed by atoms with Crippen LogP contribution in [0.5, 0.6) is 23.0 Å². The maximum absolute atomic E-state index is 12.4. The Morgan fingerprint density at radius 1 is 0.579 bits per heavy atom. The minimum Gasteiger partial charge on any atom is -0.497 e. The number of hydrogen-bond donors (Lipinski definition) is 0. The number of carbonyl (C=O) groups excluding carboxylic acids is 2. The Hall–Kier alpha value is -3.50. The number of hydrogen-bond acceptors (Lipinski definition) is 10. The van der Waals surface area contributed by atoms with Gasteiger partial charge in [-0.15, -0.1) is 0 Å². The molecule has 10 heteroatoms. The van der Waals surface area contributed by atoms with Crippen molar-refractivity contribution in [2.75, 3.05) is 80.9 Å². The maximum Gasteiger partial charge on any atom is 0.338 e. The molecule has 0 aromatic heterocycles. The first-order chi connectivity index (χ1) is 18.4. The van der Waals surface area contributed by atoms with Crippen LogP contribution in [0.2, 0.25) is 0 Å². The highest BCUT2D eigenvalue weighted by atomic mass is 16.5. The monoisotopic (exact) mass is 530 g/mol. The molecule has 3 rings (SSSR count). The van der Waals surface area contributed by atoms with Crippen LogP contribution in [-0.2, 0) is 9.47 Å². The smallest absolute Gasteiger partial charge is 0.338 e. The highest BCUT2D eigenvalue weighted by Gasteiger charge is 2.17. The highest BCUT2D eigenvalue weighted by molar-refractivity contribution is 5.91. The Balaban J connectivity index is 1.28. The van der Waals surface area contributed by atoms with E-state index in [1.165, 1.54) is 0 Å². The molecule has 0 saturated carbocycles. The number of piperazine rings is 1. The molecule has 1 aliphatic heterocycles. The standard InChI is InChI=1S/C28H38N2O8/c1-33-23-15-21(16-24(19-23)34-2)27(31)37-13-5-7-29-9-11-30(12-10-29)8-6-14-38-28(32)22-17-25(35-3)20-26(18-22)36-4/h15-20H,5-14H2,1-4H3. The zero-order chi connectivity index (χ0) is 27.3. The molecule has 2 aromatic rings. The van der Waals surface area contributed by atoms with Crippen molar-refractivity contribution in [1.82, 2.24) is 9.80 Å². The molecule has 1 saturated heterocycles. The van der Waals surface area contributed by atoms with Crippen molar-refractivity contribution in [3.8, 4) is 23.0 Å². The van der Waals surface area contributed by atoms with E-state index in [9.17, 15) is 9.59 Å². The molecular formula is C28H38N2O8. The largest absolute Gasteiger partial charge is 0.497 e. The second-order valence-electron chi connectivity index (χ2n) is 8.86. The summed E-state index contributed by atoms with van der Waals surface area (Å²) in [5.74, 6) is 1.40. The predicted molar refractivity (Wildman–Crippen MR) is 142 cm³/mol. The van der Waals surface area contributed by atoms with Gasteiger partial charge in [0.05, 0.1) is 52.8 Å². The lowest BCUT2D eigenvalue weighted by Crippen LogP contribution is -2.47. The molecule has 0 atom stereocenters. The van der Waals surface area contributed by atoms with Gasteiger partial charge in [-0.05, 0) is 37.1 Å². The van der Waals surface area contributed by atoms with Crippen LogP contribution in [0.25, 0.3) is 0 Å². The molecule has 38 heavy (non-hydrogen) atoms. The van der Waals surface area contributed by atoms with Gasteiger partial charge in [-0.2, -0.15) is 0 Å². The molecule has 1 heterocycles. The quantitative estimate of drug-likeness (QED) is 0.268. The normalized spacial score (nSPS) is 14.0. The zero-order valence-electron chi connectivity index (χ0n) is 22.7. The van der Waals surface area contributed by atoms with Gasteiger partial charge >= 0.3 is 11.9 Å². The third-order valence-electron chi connectivity index (χ3n) is 6.34. The SMILES string of the molecule is COc1cc(OC)cc(C(=O)OCCCN2CCN(CCCOC(=O)c3cc(OC)cc(OC)c3)CC2)c1. The van der Waals surface area contributed by atoms with Crippen LogP contribution in [0.3, 0.4) is 0 Å². The molecule has 1 fully saturated rings. The van der Waals surface area contributed by atoms with E-state index in [4.69, 9.17) is 28.4 Å². The van der Waals surface area contributed by atoms with Crippen molar-refractivity contribution in [1.29, 1.82) is 0 Å². The second-order valence-corrected chi connectivity index (χ2v) is 8.86. The molecule has 0 radical (unpaired) electrons. The van der Waals surface area contributed by atoms with Gasteiger partial charge in [-0.3, -0.25) is 0 Å². The van der Waals surface area contributed by atoms with Crippen molar-refractivity contribution < 1.29 is 38.0 Å². The van der Waals surface area contributed by atoms with Gasteiger partial charge in [-0.1, -0.05) is 0 Å². The van der Waals surface area contributed by atoms with Crippen molar-refractivity contribution >= 4 is 11.9 Å². The number of benzene rings is 2. The molecule has 0 spiro atoms. The van der Waals surface area contributed by atoms with Crippen molar-refractivity contribution in [3.05, 3.63) is 47.5 Å². The Bertz CT molecular complexity index is 925. The Morgan fingerprint density at radius 3 is 1.18 bits per heavy atom. The molecule has 10 nitrogen and oxygen atoms in total. The van der Waals surface area contributed by atoms with E-state index in [2.05, 4.69) is 9.80 Å². The molecule has 0 amide bonds. The van der Waals surface area contributed by atoms with Gasteiger partial charge in [0.1, 0.15) is 23.0 Å². The molecule has 208 valence electrons. The summed E-state index contributed by atoms with van der Waals surface area (Å²) < 4.78 is 31.7. The van der Waals surface area contributed by atoms with E-state index in [0.29, 0.717) is 47.3 Å². The zero-order valence-corrected chi connectivity index (χ0v) is 22.7. The van der Waals surface area contributed by atoms with Crippen LogP contribution in [0, 0.1) is 0 Å². The van der Waals surface area contributed by atoms with Gasteiger partial charge < -0.3 is 38.2 Å². The highest BCUT2D eigenvalue weighted by Crippen LogP contribution is 2.24. The third kappa shape index (κ3) is 8.81. The van der Waals surface area contributed by atoms with Crippen LogP contribution in [0.4, 0.5) is 0 Å². The van der Waals surface area contributed by atoms with Gasteiger partial charge in [0.25, 0.3) is 0 Å². The third-order valence-corrected chi connectivity index (χ3v) is 6.34. The summed E-state index contributed by atoms with van der Waals surface area (Å²) in [5.41, 5.74) is 0.812. The van der Waals surface area contributed by atoms with Crippen molar-refractivity contribution in [2.45, 2.75) is 12.8 Å².